The molecular formula is C22H22N4O3S2. The van der Waals surface area contributed by atoms with E-state index in [2.05, 4.69) is 11.1 Å². The van der Waals surface area contributed by atoms with Crippen molar-refractivity contribution >= 4 is 46.2 Å². The lowest BCUT2D eigenvalue weighted by molar-refractivity contribution is -0.122. The van der Waals surface area contributed by atoms with Crippen molar-refractivity contribution in [1.82, 2.24) is 9.88 Å². The summed E-state index contributed by atoms with van der Waals surface area (Å²) in [6.07, 6.45) is 2.32. The highest BCUT2D eigenvalue weighted by Gasteiger charge is 2.33. The van der Waals surface area contributed by atoms with Crippen molar-refractivity contribution < 1.29 is 13.9 Å². The van der Waals surface area contributed by atoms with Gasteiger partial charge in [0.2, 0.25) is 17.5 Å². The standard InChI is InChI=1S/C22H22N4O3S2/c1-14-12-25(13-15(2)28-14)21-17(11-23)24-19(29-21)10-18-20(27)26(22(30)31-18)9-8-16-6-4-3-5-7-16/h3-7,10,14-15H,8-9,12-13H2,1-2H3/b18-10-/t14-,15-/m0/s1. The average molecular weight is 455 g/mol. The lowest BCUT2D eigenvalue weighted by atomic mass is 10.1. The minimum atomic E-state index is -0.169. The number of morpholine rings is 1. The molecule has 0 aliphatic carbocycles. The third-order valence-electron chi connectivity index (χ3n) is 5.03. The number of ether oxygens (including phenoxy) is 1. The van der Waals surface area contributed by atoms with E-state index in [1.54, 1.807) is 11.0 Å². The van der Waals surface area contributed by atoms with E-state index in [1.165, 1.54) is 11.8 Å². The topological polar surface area (TPSA) is 82.6 Å². The van der Waals surface area contributed by atoms with E-state index < -0.39 is 0 Å². The molecule has 0 spiro atoms. The van der Waals surface area contributed by atoms with E-state index in [0.717, 1.165) is 12.0 Å². The minimum Gasteiger partial charge on any atom is -0.420 e. The summed E-state index contributed by atoms with van der Waals surface area (Å²) in [6, 6.07) is 12.1. The van der Waals surface area contributed by atoms with Crippen LogP contribution >= 0.6 is 24.0 Å². The SMILES string of the molecule is C[C@H]1CN(c2oc(/C=C3\SC(=S)N(CCc4ccccc4)C3=O)nc2C#N)C[C@H](C)O1. The van der Waals surface area contributed by atoms with Crippen LogP contribution in [0, 0.1) is 11.3 Å². The fraction of sp³-hybridized carbons (Fsp3) is 0.364. The third kappa shape index (κ3) is 4.82. The molecule has 2 atom stereocenters. The molecule has 0 bridgehead atoms. The third-order valence-corrected chi connectivity index (χ3v) is 6.41. The minimum absolute atomic E-state index is 0.0182. The monoisotopic (exact) mass is 454 g/mol. The number of carbonyl (C=O) groups is 1. The maximum absolute atomic E-state index is 12.9. The van der Waals surface area contributed by atoms with Crippen molar-refractivity contribution in [3.8, 4) is 6.07 Å². The Kier molecular flexibility index (Phi) is 6.41. The van der Waals surface area contributed by atoms with E-state index in [9.17, 15) is 10.1 Å². The van der Waals surface area contributed by atoms with Gasteiger partial charge in [-0.3, -0.25) is 9.69 Å². The highest BCUT2D eigenvalue weighted by Crippen LogP contribution is 2.34. The lowest BCUT2D eigenvalue weighted by Crippen LogP contribution is -2.45. The summed E-state index contributed by atoms with van der Waals surface area (Å²) >= 11 is 6.63. The first kappa shape index (κ1) is 21.6. The Morgan fingerprint density at radius 3 is 2.68 bits per heavy atom. The number of carbonyl (C=O) groups excluding carboxylic acids is 1. The first-order chi connectivity index (χ1) is 14.9. The first-order valence-corrected chi connectivity index (χ1v) is 11.3. The van der Waals surface area contributed by atoms with Gasteiger partial charge in [-0.05, 0) is 25.8 Å². The maximum atomic E-state index is 12.9. The number of aromatic nitrogens is 1. The summed E-state index contributed by atoms with van der Waals surface area (Å²) < 4.78 is 12.1. The fourth-order valence-electron chi connectivity index (χ4n) is 3.71. The van der Waals surface area contributed by atoms with E-state index in [1.807, 2.05) is 49.1 Å². The van der Waals surface area contributed by atoms with Gasteiger partial charge in [0.15, 0.2) is 0 Å². The number of hydrogen-bond donors (Lipinski definition) is 0. The van der Waals surface area contributed by atoms with E-state index in [4.69, 9.17) is 21.4 Å². The largest absolute Gasteiger partial charge is 0.420 e. The van der Waals surface area contributed by atoms with Crippen LogP contribution < -0.4 is 4.90 Å². The average Bonchev–Trinajstić information content (AvgIpc) is 3.27. The zero-order chi connectivity index (χ0) is 22.0. The Hall–Kier alpha value is -2.67. The van der Waals surface area contributed by atoms with Crippen LogP contribution in [0.3, 0.4) is 0 Å². The quantitative estimate of drug-likeness (QED) is 0.501. The van der Waals surface area contributed by atoms with Crippen LogP contribution in [0.25, 0.3) is 6.08 Å². The van der Waals surface area contributed by atoms with Crippen LogP contribution in [-0.2, 0) is 16.0 Å². The Labute approximate surface area is 190 Å². The highest BCUT2D eigenvalue weighted by molar-refractivity contribution is 8.26. The molecule has 160 valence electrons. The molecule has 2 aliphatic rings. The maximum Gasteiger partial charge on any atom is 0.266 e. The zero-order valence-corrected chi connectivity index (χ0v) is 18.9. The lowest BCUT2D eigenvalue weighted by Gasteiger charge is -2.34. The van der Waals surface area contributed by atoms with Gasteiger partial charge in [-0.1, -0.05) is 54.3 Å². The molecular weight excluding hydrogens is 432 g/mol. The molecule has 2 fully saturated rings. The van der Waals surface area contributed by atoms with E-state index >= 15 is 0 Å². The van der Waals surface area contributed by atoms with Gasteiger partial charge < -0.3 is 14.1 Å². The number of nitriles is 1. The van der Waals surface area contributed by atoms with Gasteiger partial charge in [-0.2, -0.15) is 10.2 Å². The van der Waals surface area contributed by atoms with Crippen molar-refractivity contribution in [3.05, 3.63) is 52.4 Å². The van der Waals surface area contributed by atoms with Crippen molar-refractivity contribution in [3.63, 3.8) is 0 Å². The number of oxazole rings is 1. The van der Waals surface area contributed by atoms with Crippen molar-refractivity contribution in [1.29, 1.82) is 5.26 Å². The van der Waals surface area contributed by atoms with Crippen molar-refractivity contribution in [2.45, 2.75) is 32.5 Å². The summed E-state index contributed by atoms with van der Waals surface area (Å²) in [5, 5.41) is 9.52. The van der Waals surface area contributed by atoms with Crippen LogP contribution in [0.2, 0.25) is 0 Å². The van der Waals surface area contributed by atoms with Gasteiger partial charge in [0, 0.05) is 25.7 Å². The van der Waals surface area contributed by atoms with Crippen LogP contribution in [0.15, 0.2) is 39.7 Å². The summed E-state index contributed by atoms with van der Waals surface area (Å²) in [5.74, 6) is 0.468. The van der Waals surface area contributed by atoms with Gasteiger partial charge in [0.1, 0.15) is 10.4 Å². The smallest absolute Gasteiger partial charge is 0.266 e. The summed E-state index contributed by atoms with van der Waals surface area (Å²) in [4.78, 5) is 21.2. The number of rotatable bonds is 5. The molecule has 0 radical (unpaired) electrons. The second-order valence-corrected chi connectivity index (χ2v) is 9.22. The zero-order valence-electron chi connectivity index (χ0n) is 17.3. The number of thiocarbonyl (C=S) groups is 1. The Bertz CT molecular complexity index is 1050. The van der Waals surface area contributed by atoms with Gasteiger partial charge >= 0.3 is 0 Å². The molecule has 3 heterocycles. The van der Waals surface area contributed by atoms with Gasteiger partial charge in [0.05, 0.1) is 17.1 Å². The number of anilines is 1. The number of amides is 1. The van der Waals surface area contributed by atoms with Crippen LogP contribution in [0.1, 0.15) is 31.0 Å². The Morgan fingerprint density at radius 1 is 1.29 bits per heavy atom. The normalized spacial score (nSPS) is 22.9. The molecule has 2 aliphatic heterocycles. The van der Waals surface area contributed by atoms with Crippen LogP contribution in [0.4, 0.5) is 5.88 Å². The van der Waals surface area contributed by atoms with E-state index in [-0.39, 0.29) is 29.7 Å². The second kappa shape index (κ2) is 9.22. The van der Waals surface area contributed by atoms with Crippen LogP contribution in [-0.4, -0.2) is 52.0 Å². The number of nitrogens with zero attached hydrogens (tertiary/aromatic N) is 4. The molecule has 0 saturated carbocycles. The predicted octanol–water partition coefficient (Wildman–Crippen LogP) is 3.60. The molecule has 1 amide bonds. The summed E-state index contributed by atoms with van der Waals surface area (Å²) in [5.41, 5.74) is 1.35. The van der Waals surface area contributed by atoms with Gasteiger partial charge in [0.25, 0.3) is 5.91 Å². The predicted molar refractivity (Wildman–Crippen MR) is 123 cm³/mol. The van der Waals surface area contributed by atoms with Gasteiger partial charge in [-0.15, -0.1) is 0 Å². The fourth-order valence-corrected chi connectivity index (χ4v) is 4.98. The highest BCUT2D eigenvalue weighted by atomic mass is 32.2. The molecule has 2 saturated heterocycles. The number of thioether (sulfide) groups is 1. The van der Waals surface area contributed by atoms with Crippen molar-refractivity contribution in [2.24, 2.45) is 0 Å². The molecule has 4 rings (SSSR count). The second-order valence-electron chi connectivity index (χ2n) is 7.55. The summed E-state index contributed by atoms with van der Waals surface area (Å²) in [6.45, 7) is 5.68. The molecule has 0 unspecified atom stereocenters. The molecule has 1 aromatic heterocycles. The molecule has 7 nitrogen and oxygen atoms in total. The molecule has 31 heavy (non-hydrogen) atoms. The first-order valence-electron chi connectivity index (χ1n) is 10.0. The Morgan fingerprint density at radius 2 is 2.00 bits per heavy atom. The Balaban J connectivity index is 1.51. The van der Waals surface area contributed by atoms with Crippen molar-refractivity contribution in [2.75, 3.05) is 24.5 Å². The number of benzene rings is 1. The molecule has 0 N–H and O–H groups in total. The molecule has 9 heteroatoms. The van der Waals surface area contributed by atoms with E-state index in [0.29, 0.717) is 34.7 Å². The van der Waals surface area contributed by atoms with Gasteiger partial charge in [-0.25, -0.2) is 0 Å². The summed E-state index contributed by atoms with van der Waals surface area (Å²) in [7, 11) is 0. The molecule has 1 aromatic carbocycles. The molecule has 2 aromatic rings. The number of hydrogen-bond acceptors (Lipinski definition) is 8. The van der Waals surface area contributed by atoms with Crippen LogP contribution in [0.5, 0.6) is 0 Å².